The molecular weight excluding hydrogens is 204 g/mol. The lowest BCUT2D eigenvalue weighted by Gasteiger charge is -2.11. The summed E-state index contributed by atoms with van der Waals surface area (Å²) in [7, 11) is 0. The van der Waals surface area contributed by atoms with Crippen LogP contribution in [0.2, 0.25) is 0 Å². The van der Waals surface area contributed by atoms with Gasteiger partial charge in [-0.2, -0.15) is 0 Å². The van der Waals surface area contributed by atoms with Crippen molar-refractivity contribution in [1.29, 1.82) is 0 Å². The van der Waals surface area contributed by atoms with Crippen molar-refractivity contribution in [3.63, 3.8) is 0 Å². The third kappa shape index (κ3) is 11.5. The van der Waals surface area contributed by atoms with Crippen molar-refractivity contribution in [2.45, 2.75) is 76.7 Å². The van der Waals surface area contributed by atoms with E-state index >= 15 is 0 Å². The average molecular weight is 230 g/mol. The summed E-state index contributed by atoms with van der Waals surface area (Å²) in [6.07, 6.45) is 14.2. The monoisotopic (exact) mass is 230 g/mol. The summed E-state index contributed by atoms with van der Waals surface area (Å²) in [6.45, 7) is -0.250. The van der Waals surface area contributed by atoms with Crippen molar-refractivity contribution in [2.75, 3.05) is 0 Å². The molecule has 0 unspecified atom stereocenters. The first-order chi connectivity index (χ1) is 7.81. The van der Waals surface area contributed by atoms with E-state index in [2.05, 4.69) is 0 Å². The Kier molecular flexibility index (Phi) is 12.1. The highest BCUT2D eigenvalue weighted by Gasteiger charge is 2.04. The van der Waals surface area contributed by atoms with E-state index < -0.39 is 0 Å². The summed E-state index contributed by atoms with van der Waals surface area (Å²) in [6, 6.07) is 0. The topological polar surface area (TPSA) is 57.5 Å². The lowest BCUT2D eigenvalue weighted by atomic mass is 10.00. The summed E-state index contributed by atoms with van der Waals surface area (Å²) >= 11 is 0. The largest absolute Gasteiger partial charge is 0.483 e. The van der Waals surface area contributed by atoms with Crippen molar-refractivity contribution in [2.24, 2.45) is 0 Å². The molecule has 1 fully saturated rings. The van der Waals surface area contributed by atoms with Gasteiger partial charge in [-0.05, 0) is 12.8 Å². The van der Waals surface area contributed by atoms with Gasteiger partial charge in [0.25, 0.3) is 6.47 Å². The van der Waals surface area contributed by atoms with Gasteiger partial charge in [-0.1, -0.05) is 57.8 Å². The van der Waals surface area contributed by atoms with Crippen LogP contribution in [-0.2, 0) is 4.79 Å². The fourth-order valence-corrected chi connectivity index (χ4v) is 2.14. The number of aliphatic hydroxyl groups excluding tert-OH is 1. The summed E-state index contributed by atoms with van der Waals surface area (Å²) in [4.78, 5) is 8.36. The van der Waals surface area contributed by atoms with Gasteiger partial charge in [0.2, 0.25) is 0 Å². The van der Waals surface area contributed by atoms with Crippen LogP contribution in [-0.4, -0.2) is 22.8 Å². The van der Waals surface area contributed by atoms with E-state index in [1.165, 1.54) is 57.8 Å². The molecular formula is C13H26O3. The molecule has 16 heavy (non-hydrogen) atoms. The maximum atomic E-state index is 9.59. The van der Waals surface area contributed by atoms with Crippen LogP contribution in [0.1, 0.15) is 70.6 Å². The molecule has 0 saturated heterocycles. The SMILES string of the molecule is O=CO.OC1CCCCCCCCCCC1. The minimum atomic E-state index is -0.250. The molecule has 0 bridgehead atoms. The Morgan fingerprint density at radius 2 is 1.00 bits per heavy atom. The van der Waals surface area contributed by atoms with Crippen molar-refractivity contribution >= 4 is 6.47 Å². The van der Waals surface area contributed by atoms with Crippen LogP contribution >= 0.6 is 0 Å². The van der Waals surface area contributed by atoms with E-state index in [0.717, 1.165) is 12.8 Å². The van der Waals surface area contributed by atoms with Crippen LogP contribution in [0.5, 0.6) is 0 Å². The van der Waals surface area contributed by atoms with Gasteiger partial charge in [0.05, 0.1) is 6.10 Å². The molecule has 96 valence electrons. The van der Waals surface area contributed by atoms with Gasteiger partial charge in [-0.25, -0.2) is 0 Å². The van der Waals surface area contributed by atoms with Crippen LogP contribution in [0, 0.1) is 0 Å². The lowest BCUT2D eigenvalue weighted by molar-refractivity contribution is -0.122. The van der Waals surface area contributed by atoms with Gasteiger partial charge in [-0.3, -0.25) is 4.79 Å². The van der Waals surface area contributed by atoms with E-state index in [0.29, 0.717) is 0 Å². The molecule has 1 aliphatic rings. The van der Waals surface area contributed by atoms with Gasteiger partial charge in [0.15, 0.2) is 0 Å². The third-order valence-electron chi connectivity index (χ3n) is 3.07. The zero-order valence-corrected chi connectivity index (χ0v) is 10.2. The molecule has 1 rings (SSSR count). The smallest absolute Gasteiger partial charge is 0.290 e. The Morgan fingerprint density at radius 3 is 1.31 bits per heavy atom. The summed E-state index contributed by atoms with van der Waals surface area (Å²) in [5, 5.41) is 16.5. The Balaban J connectivity index is 0.000000673. The van der Waals surface area contributed by atoms with E-state index in [-0.39, 0.29) is 12.6 Å². The molecule has 0 heterocycles. The number of carboxylic acid groups (broad SMARTS) is 1. The molecule has 3 nitrogen and oxygen atoms in total. The molecule has 1 saturated carbocycles. The fraction of sp³-hybridized carbons (Fsp3) is 0.923. The van der Waals surface area contributed by atoms with Crippen molar-refractivity contribution < 1.29 is 15.0 Å². The van der Waals surface area contributed by atoms with Gasteiger partial charge in [0.1, 0.15) is 0 Å². The highest BCUT2D eigenvalue weighted by molar-refractivity contribution is 5.32. The molecule has 0 aromatic heterocycles. The number of aliphatic hydroxyl groups is 1. The first kappa shape index (κ1) is 15.4. The number of hydrogen-bond acceptors (Lipinski definition) is 2. The van der Waals surface area contributed by atoms with E-state index in [4.69, 9.17) is 9.90 Å². The number of rotatable bonds is 0. The first-order valence-corrected chi connectivity index (χ1v) is 6.57. The zero-order valence-electron chi connectivity index (χ0n) is 10.2. The number of carbonyl (C=O) groups is 1. The van der Waals surface area contributed by atoms with E-state index in [1.54, 1.807) is 0 Å². The second-order valence-electron chi connectivity index (χ2n) is 4.52. The van der Waals surface area contributed by atoms with Crippen LogP contribution in [0.25, 0.3) is 0 Å². The number of hydrogen-bond donors (Lipinski definition) is 2. The Bertz CT molecular complexity index is 136. The van der Waals surface area contributed by atoms with Gasteiger partial charge < -0.3 is 10.2 Å². The maximum Gasteiger partial charge on any atom is 0.290 e. The molecule has 0 atom stereocenters. The van der Waals surface area contributed by atoms with Crippen molar-refractivity contribution in [1.82, 2.24) is 0 Å². The predicted molar refractivity (Wildman–Crippen MR) is 65.5 cm³/mol. The molecule has 1 aliphatic carbocycles. The summed E-state index contributed by atoms with van der Waals surface area (Å²) in [5.41, 5.74) is 0. The van der Waals surface area contributed by atoms with Crippen molar-refractivity contribution in [3.8, 4) is 0 Å². The van der Waals surface area contributed by atoms with Crippen molar-refractivity contribution in [3.05, 3.63) is 0 Å². The molecule has 0 aromatic rings. The van der Waals surface area contributed by atoms with Gasteiger partial charge in [-0.15, -0.1) is 0 Å². The zero-order chi connectivity index (χ0) is 12.1. The molecule has 0 amide bonds. The standard InChI is InChI=1S/C12H24O.CH2O2/c13-12-10-8-6-4-2-1-3-5-7-9-11-12;2-1-3/h12-13H,1-11H2;1H,(H,2,3). The molecule has 3 heteroatoms. The second kappa shape index (κ2) is 12.5. The third-order valence-corrected chi connectivity index (χ3v) is 3.07. The lowest BCUT2D eigenvalue weighted by Crippen LogP contribution is -2.06. The molecule has 0 aromatic carbocycles. The minimum Gasteiger partial charge on any atom is -0.483 e. The highest BCUT2D eigenvalue weighted by Crippen LogP contribution is 2.16. The minimum absolute atomic E-state index is 0.000531. The fourth-order valence-electron chi connectivity index (χ4n) is 2.14. The van der Waals surface area contributed by atoms with Gasteiger partial charge in [0, 0.05) is 0 Å². The Labute approximate surface area is 98.9 Å². The summed E-state index contributed by atoms with van der Waals surface area (Å²) < 4.78 is 0. The second-order valence-corrected chi connectivity index (χ2v) is 4.52. The molecule has 0 radical (unpaired) electrons. The van der Waals surface area contributed by atoms with Crippen LogP contribution < -0.4 is 0 Å². The van der Waals surface area contributed by atoms with Crippen LogP contribution in [0.15, 0.2) is 0 Å². The van der Waals surface area contributed by atoms with Crippen LogP contribution in [0.3, 0.4) is 0 Å². The normalized spacial score (nSPS) is 20.8. The quantitative estimate of drug-likeness (QED) is 0.627. The van der Waals surface area contributed by atoms with E-state index in [1.807, 2.05) is 0 Å². The maximum absolute atomic E-state index is 9.59. The highest BCUT2D eigenvalue weighted by atomic mass is 16.3. The summed E-state index contributed by atoms with van der Waals surface area (Å²) in [5.74, 6) is 0. The van der Waals surface area contributed by atoms with E-state index in [9.17, 15) is 5.11 Å². The first-order valence-electron chi connectivity index (χ1n) is 6.57. The Morgan fingerprint density at radius 1 is 0.750 bits per heavy atom. The predicted octanol–water partition coefficient (Wildman–Crippen LogP) is 3.35. The Hall–Kier alpha value is -0.570. The van der Waals surface area contributed by atoms with Gasteiger partial charge >= 0.3 is 0 Å². The molecule has 2 N–H and O–H groups in total. The molecule has 0 aliphatic heterocycles. The van der Waals surface area contributed by atoms with Crippen LogP contribution in [0.4, 0.5) is 0 Å². The molecule has 0 spiro atoms. The average Bonchev–Trinajstić information content (AvgIpc) is 2.24.